The van der Waals surface area contributed by atoms with Crippen LogP contribution in [-0.2, 0) is 20.9 Å². The van der Waals surface area contributed by atoms with Gasteiger partial charge in [0.2, 0.25) is 0 Å². The fraction of sp³-hybridized carbons (Fsp3) is 0.600. The quantitative estimate of drug-likeness (QED) is 0.440. The fourth-order valence-corrected chi connectivity index (χ4v) is 3.81. The van der Waals surface area contributed by atoms with E-state index in [0.717, 1.165) is 5.56 Å². The van der Waals surface area contributed by atoms with Crippen LogP contribution in [0.3, 0.4) is 0 Å². The number of amides is 1. The molecule has 0 aliphatic carbocycles. The predicted molar refractivity (Wildman–Crippen MR) is 102 cm³/mol. The molecule has 1 aromatic carbocycles. The number of benzene rings is 1. The molecule has 0 saturated carbocycles. The molecule has 1 aromatic rings. The number of carbonyl (C=O) groups is 2. The Kier molecular flexibility index (Phi) is 7.07. The maximum absolute atomic E-state index is 11.9. The average molecular weight is 408 g/mol. The van der Waals surface area contributed by atoms with Crippen LogP contribution in [0.1, 0.15) is 31.2 Å². The lowest BCUT2D eigenvalue weighted by Crippen LogP contribution is -2.51. The molecular weight excluding hydrogens is 380 g/mol. The summed E-state index contributed by atoms with van der Waals surface area (Å²) in [5.41, 5.74) is 0.820. The molecule has 0 aromatic heterocycles. The SMILES string of the molecule is O=C(NC(CCCCN1C[C@H]2O[C@](O)(C[C@@H]2O)C1)C(=O)O)OCc1ccccc1. The largest absolute Gasteiger partial charge is 0.480 e. The minimum absolute atomic E-state index is 0.0754. The third-order valence-corrected chi connectivity index (χ3v) is 5.26. The number of nitrogens with zero attached hydrogens (tertiary/aromatic N) is 1. The highest BCUT2D eigenvalue weighted by atomic mass is 16.6. The number of hydrogen-bond donors (Lipinski definition) is 4. The number of carbonyl (C=O) groups excluding carboxylic acids is 1. The number of β-amino-alcohol motifs (C(OH)–C–C–N with tert-alkyl or cyclic N) is 1. The van der Waals surface area contributed by atoms with E-state index in [9.17, 15) is 24.9 Å². The van der Waals surface area contributed by atoms with Crippen molar-refractivity contribution in [2.45, 2.75) is 56.3 Å². The lowest BCUT2D eigenvalue weighted by Gasteiger charge is -2.36. The van der Waals surface area contributed by atoms with Crippen molar-refractivity contribution in [3.8, 4) is 0 Å². The summed E-state index contributed by atoms with van der Waals surface area (Å²) in [4.78, 5) is 25.3. The van der Waals surface area contributed by atoms with Crippen LogP contribution in [0.2, 0.25) is 0 Å². The van der Waals surface area contributed by atoms with Crippen molar-refractivity contribution >= 4 is 12.1 Å². The number of unbranched alkanes of at least 4 members (excludes halogenated alkanes) is 1. The monoisotopic (exact) mass is 408 g/mol. The van der Waals surface area contributed by atoms with Crippen molar-refractivity contribution in [2.75, 3.05) is 19.6 Å². The number of hydrogen-bond acceptors (Lipinski definition) is 7. The molecule has 9 heteroatoms. The van der Waals surface area contributed by atoms with E-state index in [1.807, 2.05) is 35.2 Å². The summed E-state index contributed by atoms with van der Waals surface area (Å²) in [7, 11) is 0. The predicted octanol–water partition coefficient (Wildman–Crippen LogP) is 0.690. The van der Waals surface area contributed by atoms with Crippen molar-refractivity contribution in [3.63, 3.8) is 0 Å². The van der Waals surface area contributed by atoms with Gasteiger partial charge >= 0.3 is 12.1 Å². The summed E-state index contributed by atoms with van der Waals surface area (Å²) < 4.78 is 10.5. The maximum atomic E-state index is 11.9. The molecule has 1 amide bonds. The number of alkyl carbamates (subject to hydrolysis) is 1. The number of likely N-dealkylation sites (tertiary alicyclic amines) is 1. The number of carboxylic acid groups (broad SMARTS) is 1. The zero-order valence-electron chi connectivity index (χ0n) is 16.2. The molecule has 3 rings (SSSR count). The van der Waals surface area contributed by atoms with E-state index < -0.39 is 30.0 Å². The lowest BCUT2D eigenvalue weighted by atomic mass is 10.1. The Morgan fingerprint density at radius 1 is 1.31 bits per heavy atom. The second kappa shape index (κ2) is 9.53. The zero-order chi connectivity index (χ0) is 20.9. The summed E-state index contributed by atoms with van der Waals surface area (Å²) >= 11 is 0. The van der Waals surface area contributed by atoms with Gasteiger partial charge in [0.25, 0.3) is 0 Å². The second-order valence-electron chi connectivity index (χ2n) is 7.70. The van der Waals surface area contributed by atoms with Crippen molar-refractivity contribution in [2.24, 2.45) is 0 Å². The van der Waals surface area contributed by atoms with Gasteiger partial charge in [-0.2, -0.15) is 0 Å². The van der Waals surface area contributed by atoms with Gasteiger partial charge in [0.05, 0.1) is 18.8 Å². The van der Waals surface area contributed by atoms with E-state index in [1.54, 1.807) is 0 Å². The van der Waals surface area contributed by atoms with Crippen LogP contribution < -0.4 is 5.32 Å². The van der Waals surface area contributed by atoms with Crippen LogP contribution in [0.15, 0.2) is 30.3 Å². The van der Waals surface area contributed by atoms with Crippen LogP contribution in [-0.4, -0.2) is 76.0 Å². The molecule has 2 aliphatic rings. The fourth-order valence-electron chi connectivity index (χ4n) is 3.81. The number of nitrogens with one attached hydrogen (secondary N) is 1. The van der Waals surface area contributed by atoms with Gasteiger partial charge in [-0.3, -0.25) is 4.90 Å². The zero-order valence-corrected chi connectivity index (χ0v) is 16.2. The topological polar surface area (TPSA) is 129 Å². The molecule has 160 valence electrons. The number of rotatable bonds is 9. The van der Waals surface area contributed by atoms with Crippen molar-refractivity contribution in [1.29, 1.82) is 0 Å². The number of carboxylic acids is 1. The minimum atomic E-state index is -1.30. The highest BCUT2D eigenvalue weighted by molar-refractivity contribution is 5.79. The van der Waals surface area contributed by atoms with E-state index in [4.69, 9.17) is 9.47 Å². The molecular formula is C20H28N2O7. The molecule has 4 N–H and O–H groups in total. The van der Waals surface area contributed by atoms with Crippen LogP contribution in [0.4, 0.5) is 4.79 Å². The Bertz CT molecular complexity index is 697. The van der Waals surface area contributed by atoms with Gasteiger partial charge in [-0.1, -0.05) is 30.3 Å². The summed E-state index contributed by atoms with van der Waals surface area (Å²) in [5, 5.41) is 31.8. The molecule has 2 heterocycles. The number of ether oxygens (including phenoxy) is 2. The third kappa shape index (κ3) is 6.14. The second-order valence-corrected chi connectivity index (χ2v) is 7.70. The van der Waals surface area contributed by atoms with Gasteiger partial charge in [-0.25, -0.2) is 9.59 Å². The van der Waals surface area contributed by atoms with Gasteiger partial charge in [0.15, 0.2) is 5.79 Å². The van der Waals surface area contributed by atoms with E-state index in [2.05, 4.69) is 5.32 Å². The smallest absolute Gasteiger partial charge is 0.408 e. The highest BCUT2D eigenvalue weighted by Crippen LogP contribution is 2.34. The Morgan fingerprint density at radius 3 is 2.76 bits per heavy atom. The standard InChI is InChI=1S/C20H28N2O7/c23-16-10-20(27)13-22(11-17(16)29-20)9-5-4-8-15(18(24)25)21-19(26)28-12-14-6-2-1-3-7-14/h1-3,6-7,15-17,23,27H,4-5,8-13H2,(H,21,26)(H,24,25)/t15?,16-,17+,20+/m0/s1. The summed E-state index contributed by atoms with van der Waals surface area (Å²) in [5.74, 6) is -2.40. The first-order valence-electron chi connectivity index (χ1n) is 9.85. The summed E-state index contributed by atoms with van der Waals surface area (Å²) in [6.07, 6.45) is -0.0421. The van der Waals surface area contributed by atoms with Crippen LogP contribution in [0.5, 0.6) is 0 Å². The molecule has 4 atom stereocenters. The molecule has 0 radical (unpaired) electrons. The molecule has 2 fully saturated rings. The number of morpholine rings is 1. The van der Waals surface area contributed by atoms with Crippen LogP contribution in [0.25, 0.3) is 0 Å². The van der Waals surface area contributed by atoms with E-state index in [0.29, 0.717) is 32.5 Å². The van der Waals surface area contributed by atoms with Gasteiger partial charge in [-0.05, 0) is 31.4 Å². The van der Waals surface area contributed by atoms with Crippen LogP contribution in [0, 0.1) is 0 Å². The van der Waals surface area contributed by atoms with Crippen LogP contribution >= 0.6 is 0 Å². The van der Waals surface area contributed by atoms with Gasteiger partial charge in [0.1, 0.15) is 12.6 Å². The van der Waals surface area contributed by atoms with E-state index >= 15 is 0 Å². The average Bonchev–Trinajstić information content (AvgIpc) is 2.89. The number of fused-ring (bicyclic) bond motifs is 2. The Balaban J connectivity index is 1.36. The molecule has 2 aliphatic heterocycles. The third-order valence-electron chi connectivity index (χ3n) is 5.26. The Labute approximate surface area is 169 Å². The van der Waals surface area contributed by atoms with Gasteiger partial charge in [0, 0.05) is 13.0 Å². The number of aliphatic hydroxyl groups is 2. The Morgan fingerprint density at radius 2 is 2.07 bits per heavy atom. The highest BCUT2D eigenvalue weighted by Gasteiger charge is 2.49. The molecule has 2 saturated heterocycles. The van der Waals surface area contributed by atoms with E-state index in [1.165, 1.54) is 0 Å². The summed E-state index contributed by atoms with van der Waals surface area (Å²) in [6.45, 7) is 1.59. The lowest BCUT2D eigenvalue weighted by molar-refractivity contribution is -0.231. The van der Waals surface area contributed by atoms with Crippen molar-refractivity contribution in [3.05, 3.63) is 35.9 Å². The molecule has 9 nitrogen and oxygen atoms in total. The first kappa shape index (κ1) is 21.5. The summed E-state index contributed by atoms with van der Waals surface area (Å²) in [6, 6.07) is 8.12. The molecule has 2 bridgehead atoms. The van der Waals surface area contributed by atoms with Gasteiger partial charge in [-0.15, -0.1) is 0 Å². The minimum Gasteiger partial charge on any atom is -0.480 e. The normalized spacial score (nSPS) is 27.4. The molecule has 1 unspecified atom stereocenters. The first-order valence-corrected chi connectivity index (χ1v) is 9.85. The Hall–Kier alpha value is -2.20. The van der Waals surface area contributed by atoms with Crippen molar-refractivity contribution in [1.82, 2.24) is 10.2 Å². The van der Waals surface area contributed by atoms with Crippen molar-refractivity contribution < 1.29 is 34.4 Å². The van der Waals surface area contributed by atoms with E-state index in [-0.39, 0.29) is 25.6 Å². The molecule has 0 spiro atoms. The number of aliphatic hydroxyl groups excluding tert-OH is 1. The maximum Gasteiger partial charge on any atom is 0.408 e. The first-order chi connectivity index (χ1) is 13.8. The molecule has 29 heavy (non-hydrogen) atoms. The number of aliphatic carboxylic acids is 1. The van der Waals surface area contributed by atoms with Gasteiger partial charge < -0.3 is 30.1 Å².